The van der Waals surface area contributed by atoms with E-state index < -0.39 is 0 Å². The van der Waals surface area contributed by atoms with Gasteiger partial charge in [0.2, 0.25) is 0 Å². The number of nitrogens with zero attached hydrogens (tertiary/aromatic N) is 1. The first-order valence-electron chi connectivity index (χ1n) is 6.57. The maximum atomic E-state index is 12.7. The van der Waals surface area contributed by atoms with E-state index in [0.29, 0.717) is 10.6 Å². The number of carbonyl (C=O) groups excluding carboxylic acids is 1. The van der Waals surface area contributed by atoms with Crippen LogP contribution in [0.5, 0.6) is 5.75 Å². The number of amides is 1. The van der Waals surface area contributed by atoms with Crippen molar-refractivity contribution in [3.63, 3.8) is 0 Å². The highest BCUT2D eigenvalue weighted by molar-refractivity contribution is 14.1. The van der Waals surface area contributed by atoms with Gasteiger partial charge in [-0.05, 0) is 53.6 Å². The lowest BCUT2D eigenvalue weighted by molar-refractivity contribution is 0.0711. The Balaban J connectivity index is 2.29. The van der Waals surface area contributed by atoms with Crippen LogP contribution in [0.4, 0.5) is 0 Å². The average Bonchev–Trinajstić information content (AvgIpc) is 2.91. The van der Waals surface area contributed by atoms with Crippen LogP contribution in [0.15, 0.2) is 18.2 Å². The molecule has 0 aliphatic heterocycles. The van der Waals surface area contributed by atoms with Gasteiger partial charge in [0, 0.05) is 9.61 Å². The van der Waals surface area contributed by atoms with E-state index in [1.54, 1.807) is 23.1 Å². The normalized spacial score (nSPS) is 15.2. The van der Waals surface area contributed by atoms with Crippen LogP contribution in [-0.2, 0) is 0 Å². The summed E-state index contributed by atoms with van der Waals surface area (Å²) in [6.45, 7) is 0.268. The first-order chi connectivity index (χ1) is 9.49. The summed E-state index contributed by atoms with van der Waals surface area (Å²) in [4.78, 5) is 14.7. The molecule has 0 radical (unpaired) electrons. The highest BCUT2D eigenvalue weighted by Crippen LogP contribution is 2.27. The van der Waals surface area contributed by atoms with Crippen LogP contribution in [0, 0.1) is 3.57 Å². The number of phenolic OH excluding ortho intramolecular Hbond substituents is 1. The number of aromatic hydroxyl groups is 1. The molecule has 1 aliphatic carbocycles. The van der Waals surface area contributed by atoms with Gasteiger partial charge in [0.25, 0.3) is 5.91 Å². The van der Waals surface area contributed by atoms with Crippen LogP contribution < -0.4 is 5.73 Å². The van der Waals surface area contributed by atoms with E-state index in [0.717, 1.165) is 29.3 Å². The Morgan fingerprint density at radius 1 is 1.45 bits per heavy atom. The number of thiocarbonyl (C=S) groups is 1. The minimum Gasteiger partial charge on any atom is -0.507 e. The quantitative estimate of drug-likeness (QED) is 0.598. The highest BCUT2D eigenvalue weighted by Gasteiger charge is 2.29. The molecule has 1 aromatic rings. The lowest BCUT2D eigenvalue weighted by Gasteiger charge is -2.29. The van der Waals surface area contributed by atoms with Crippen LogP contribution in [0.25, 0.3) is 0 Å². The molecular formula is C14H17IN2O2S. The molecule has 6 heteroatoms. The molecule has 0 heterocycles. The Labute approximate surface area is 137 Å². The SMILES string of the molecule is NC(=S)CN(C(=O)c1cc(I)ccc1O)C1CCCC1. The van der Waals surface area contributed by atoms with Crippen molar-refractivity contribution in [1.82, 2.24) is 4.90 Å². The number of benzene rings is 1. The summed E-state index contributed by atoms with van der Waals surface area (Å²) >= 11 is 7.08. The molecule has 108 valence electrons. The van der Waals surface area contributed by atoms with E-state index in [-0.39, 0.29) is 24.2 Å². The largest absolute Gasteiger partial charge is 0.507 e. The number of carbonyl (C=O) groups is 1. The van der Waals surface area contributed by atoms with Gasteiger partial charge in [-0.1, -0.05) is 25.1 Å². The van der Waals surface area contributed by atoms with Crippen molar-refractivity contribution in [3.8, 4) is 5.75 Å². The minimum atomic E-state index is -0.194. The molecule has 1 saturated carbocycles. The number of phenols is 1. The standard InChI is InChI=1S/C14H17IN2O2S/c15-9-5-6-12(18)11(7-9)14(19)17(8-13(16)20)10-3-1-2-4-10/h5-7,10,18H,1-4,8H2,(H2,16,20). The first kappa shape index (κ1) is 15.5. The molecule has 1 amide bonds. The fraction of sp³-hybridized carbons (Fsp3) is 0.429. The van der Waals surface area contributed by atoms with Gasteiger partial charge in [-0.2, -0.15) is 0 Å². The van der Waals surface area contributed by atoms with E-state index in [9.17, 15) is 9.90 Å². The van der Waals surface area contributed by atoms with Gasteiger partial charge in [-0.15, -0.1) is 0 Å². The van der Waals surface area contributed by atoms with Gasteiger partial charge >= 0.3 is 0 Å². The molecule has 0 bridgehead atoms. The Bertz CT molecular complexity index is 530. The maximum absolute atomic E-state index is 12.7. The van der Waals surface area contributed by atoms with Gasteiger partial charge in [-0.25, -0.2) is 0 Å². The predicted molar refractivity (Wildman–Crippen MR) is 90.9 cm³/mol. The van der Waals surface area contributed by atoms with Crippen LogP contribution in [0.1, 0.15) is 36.0 Å². The van der Waals surface area contributed by atoms with Crippen molar-refractivity contribution in [2.45, 2.75) is 31.7 Å². The third-order valence-corrected chi connectivity index (χ3v) is 4.34. The third-order valence-electron chi connectivity index (χ3n) is 3.54. The zero-order valence-corrected chi connectivity index (χ0v) is 14.0. The molecular weight excluding hydrogens is 387 g/mol. The fourth-order valence-electron chi connectivity index (χ4n) is 2.58. The molecule has 0 atom stereocenters. The van der Waals surface area contributed by atoms with Gasteiger partial charge < -0.3 is 15.7 Å². The third kappa shape index (κ3) is 3.60. The molecule has 20 heavy (non-hydrogen) atoms. The van der Waals surface area contributed by atoms with Crippen LogP contribution in [-0.4, -0.2) is 33.5 Å². The minimum absolute atomic E-state index is 0.00125. The average molecular weight is 404 g/mol. The molecule has 0 aromatic heterocycles. The van der Waals surface area contributed by atoms with Crippen LogP contribution in [0.3, 0.4) is 0 Å². The van der Waals surface area contributed by atoms with Gasteiger partial charge in [0.05, 0.1) is 17.1 Å². The summed E-state index contributed by atoms with van der Waals surface area (Å²) in [6, 6.07) is 5.17. The van der Waals surface area contributed by atoms with Crippen molar-refractivity contribution in [2.75, 3.05) is 6.54 Å². The first-order valence-corrected chi connectivity index (χ1v) is 8.05. The molecule has 3 N–H and O–H groups in total. The Morgan fingerprint density at radius 3 is 2.70 bits per heavy atom. The lowest BCUT2D eigenvalue weighted by atomic mass is 10.1. The number of rotatable bonds is 4. The Hall–Kier alpha value is -0.890. The van der Waals surface area contributed by atoms with E-state index in [1.165, 1.54) is 0 Å². The van der Waals surface area contributed by atoms with Crippen LogP contribution >= 0.6 is 34.8 Å². The van der Waals surface area contributed by atoms with Crippen molar-refractivity contribution >= 4 is 45.7 Å². The summed E-state index contributed by atoms with van der Waals surface area (Å²) in [6.07, 6.45) is 4.17. The fourth-order valence-corrected chi connectivity index (χ4v) is 3.22. The van der Waals surface area contributed by atoms with E-state index >= 15 is 0 Å². The number of hydrogen-bond acceptors (Lipinski definition) is 3. The Kier molecular flexibility index (Phi) is 5.20. The molecule has 4 nitrogen and oxygen atoms in total. The van der Waals surface area contributed by atoms with E-state index in [4.69, 9.17) is 18.0 Å². The Morgan fingerprint density at radius 2 is 2.10 bits per heavy atom. The summed E-state index contributed by atoms with van der Waals surface area (Å²) in [5.74, 6) is -0.193. The number of hydrogen-bond donors (Lipinski definition) is 2. The topological polar surface area (TPSA) is 66.6 Å². The van der Waals surface area contributed by atoms with E-state index in [2.05, 4.69) is 22.6 Å². The predicted octanol–water partition coefficient (Wildman–Crippen LogP) is 2.67. The van der Waals surface area contributed by atoms with Crippen LogP contribution in [0.2, 0.25) is 0 Å². The summed E-state index contributed by atoms with van der Waals surface area (Å²) < 4.78 is 0.908. The number of nitrogens with two attached hydrogens (primary N) is 1. The molecule has 0 unspecified atom stereocenters. The maximum Gasteiger partial charge on any atom is 0.258 e. The molecule has 0 spiro atoms. The molecule has 0 saturated heterocycles. The second-order valence-electron chi connectivity index (χ2n) is 5.00. The molecule has 1 aromatic carbocycles. The monoisotopic (exact) mass is 404 g/mol. The zero-order valence-electron chi connectivity index (χ0n) is 11.0. The van der Waals surface area contributed by atoms with Gasteiger partial charge in [-0.3, -0.25) is 4.79 Å². The zero-order chi connectivity index (χ0) is 14.7. The van der Waals surface area contributed by atoms with E-state index in [1.807, 2.05) is 0 Å². The summed E-state index contributed by atoms with van der Waals surface area (Å²) in [7, 11) is 0. The van der Waals surface area contributed by atoms with Crippen molar-refractivity contribution in [2.24, 2.45) is 5.73 Å². The lowest BCUT2D eigenvalue weighted by Crippen LogP contribution is -2.43. The summed E-state index contributed by atoms with van der Waals surface area (Å²) in [5, 5.41) is 9.92. The second-order valence-corrected chi connectivity index (χ2v) is 6.77. The van der Waals surface area contributed by atoms with Crippen molar-refractivity contribution in [1.29, 1.82) is 0 Å². The molecule has 1 fully saturated rings. The smallest absolute Gasteiger partial charge is 0.258 e. The molecule has 2 rings (SSSR count). The molecule has 1 aliphatic rings. The number of halogens is 1. The second kappa shape index (κ2) is 6.71. The van der Waals surface area contributed by atoms with Gasteiger partial charge in [0.1, 0.15) is 5.75 Å². The van der Waals surface area contributed by atoms with Crippen molar-refractivity contribution < 1.29 is 9.90 Å². The summed E-state index contributed by atoms with van der Waals surface area (Å²) in [5.41, 5.74) is 5.94. The van der Waals surface area contributed by atoms with Gasteiger partial charge in [0.15, 0.2) is 0 Å². The van der Waals surface area contributed by atoms with Crippen molar-refractivity contribution in [3.05, 3.63) is 27.3 Å². The highest BCUT2D eigenvalue weighted by atomic mass is 127.